The number of fused-ring (bicyclic) bond motifs is 1. The van der Waals surface area contributed by atoms with Gasteiger partial charge in [0.05, 0.1) is 11.3 Å². The topological polar surface area (TPSA) is 91.8 Å². The molecule has 1 heterocycles. The molecule has 1 amide bonds. The zero-order chi connectivity index (χ0) is 15.9. The Morgan fingerprint density at radius 2 is 1.64 bits per heavy atom. The Morgan fingerprint density at radius 1 is 0.955 bits per heavy atom. The second kappa shape index (κ2) is 5.04. The van der Waals surface area contributed by atoms with Crippen LogP contribution in [0.3, 0.4) is 0 Å². The smallest absolute Gasteiger partial charge is 0.283 e. The van der Waals surface area contributed by atoms with Gasteiger partial charge in [-0.25, -0.2) is 0 Å². The van der Waals surface area contributed by atoms with Crippen LogP contribution in [0.25, 0.3) is 0 Å². The van der Waals surface area contributed by atoms with Crippen LogP contribution in [0, 0.1) is 0 Å². The van der Waals surface area contributed by atoms with Crippen LogP contribution in [0.2, 0.25) is 0 Å². The molecule has 0 atom stereocenters. The Kier molecular flexibility index (Phi) is 3.31. The lowest BCUT2D eigenvalue weighted by molar-refractivity contribution is -0.113. The Morgan fingerprint density at radius 3 is 2.27 bits per heavy atom. The Bertz CT molecular complexity index is 874. The van der Waals surface area contributed by atoms with E-state index < -0.39 is 22.0 Å². The molecular formula is C15H11NO5S. The number of benzene rings is 2. The van der Waals surface area contributed by atoms with Crippen molar-refractivity contribution in [3.63, 3.8) is 0 Å². The van der Waals surface area contributed by atoms with Crippen LogP contribution in [0.1, 0.15) is 21.5 Å². The number of anilines is 1. The summed E-state index contributed by atoms with van der Waals surface area (Å²) in [6, 6.07) is 13.8. The van der Waals surface area contributed by atoms with Crippen molar-refractivity contribution in [2.75, 3.05) is 4.31 Å². The Balaban J connectivity index is 2.13. The molecule has 2 aromatic carbocycles. The van der Waals surface area contributed by atoms with Gasteiger partial charge in [-0.3, -0.25) is 14.1 Å². The molecule has 0 saturated carbocycles. The zero-order valence-electron chi connectivity index (χ0n) is 11.3. The molecule has 2 aromatic rings. The molecule has 22 heavy (non-hydrogen) atoms. The fourth-order valence-corrected chi connectivity index (χ4v) is 3.21. The quantitative estimate of drug-likeness (QED) is 0.686. The molecule has 3 rings (SSSR count). The standard InChI is InChI=1S/C15H11NO5S/c17-14-13-11(9-10-5-2-1-3-6-10)7-4-8-12(13)16(15(14)18)22(19,20)21/h1-8H,9H2,(H,19,20,21). The van der Waals surface area contributed by atoms with Crippen LogP contribution in [-0.4, -0.2) is 24.7 Å². The molecule has 0 unspecified atom stereocenters. The van der Waals surface area contributed by atoms with Crippen molar-refractivity contribution in [1.29, 1.82) is 0 Å². The number of Topliss-reactive ketones (excluding diaryl/α,β-unsaturated/α-hetero) is 1. The number of carbonyl (C=O) groups excluding carboxylic acids is 2. The van der Waals surface area contributed by atoms with Gasteiger partial charge in [-0.05, 0) is 23.6 Å². The molecular weight excluding hydrogens is 306 g/mol. The van der Waals surface area contributed by atoms with E-state index in [9.17, 15) is 18.0 Å². The molecule has 6 nitrogen and oxygen atoms in total. The maximum absolute atomic E-state index is 12.1. The molecule has 0 bridgehead atoms. The molecule has 0 aromatic heterocycles. The van der Waals surface area contributed by atoms with Gasteiger partial charge in [0.2, 0.25) is 0 Å². The van der Waals surface area contributed by atoms with Gasteiger partial charge in [0.1, 0.15) is 0 Å². The first-order chi connectivity index (χ1) is 10.4. The normalized spacial score (nSPS) is 14.3. The van der Waals surface area contributed by atoms with Gasteiger partial charge in [0, 0.05) is 0 Å². The molecule has 0 spiro atoms. The fourth-order valence-electron chi connectivity index (χ4n) is 2.52. The summed E-state index contributed by atoms with van der Waals surface area (Å²) in [6.07, 6.45) is 0.377. The number of amides is 1. The highest BCUT2D eigenvalue weighted by atomic mass is 32.2. The molecule has 0 fully saturated rings. The van der Waals surface area contributed by atoms with Gasteiger partial charge in [0.15, 0.2) is 0 Å². The molecule has 0 saturated heterocycles. The number of hydrogen-bond donors (Lipinski definition) is 1. The summed E-state index contributed by atoms with van der Waals surface area (Å²) in [4.78, 5) is 23.9. The monoisotopic (exact) mass is 317 g/mol. The minimum atomic E-state index is -4.82. The highest BCUT2D eigenvalue weighted by molar-refractivity contribution is 7.88. The minimum Gasteiger partial charge on any atom is -0.283 e. The van der Waals surface area contributed by atoms with Crippen LogP contribution < -0.4 is 4.31 Å². The van der Waals surface area contributed by atoms with Crippen LogP contribution >= 0.6 is 0 Å². The third-order valence-electron chi connectivity index (χ3n) is 3.42. The third-order valence-corrected chi connectivity index (χ3v) is 4.25. The van der Waals surface area contributed by atoms with Crippen LogP contribution in [0.15, 0.2) is 48.5 Å². The number of carbonyl (C=O) groups is 2. The van der Waals surface area contributed by atoms with Crippen molar-refractivity contribution in [2.24, 2.45) is 0 Å². The van der Waals surface area contributed by atoms with E-state index in [0.717, 1.165) is 5.56 Å². The first-order valence-electron chi connectivity index (χ1n) is 6.42. The SMILES string of the molecule is O=C1C(=O)N(S(=O)(=O)O)c2cccc(Cc3ccccc3)c21. The van der Waals surface area contributed by atoms with E-state index in [1.54, 1.807) is 12.1 Å². The average Bonchev–Trinajstić information content (AvgIpc) is 2.72. The van der Waals surface area contributed by atoms with E-state index >= 15 is 0 Å². The van der Waals surface area contributed by atoms with E-state index in [4.69, 9.17) is 4.55 Å². The van der Waals surface area contributed by atoms with Crippen LogP contribution in [0.5, 0.6) is 0 Å². The molecule has 0 aliphatic carbocycles. The summed E-state index contributed by atoms with van der Waals surface area (Å²) in [6.45, 7) is 0. The summed E-state index contributed by atoms with van der Waals surface area (Å²) in [7, 11) is -4.82. The number of rotatable bonds is 3. The van der Waals surface area contributed by atoms with Crippen molar-refractivity contribution in [3.05, 3.63) is 65.2 Å². The lowest BCUT2D eigenvalue weighted by atomic mass is 9.97. The second-order valence-electron chi connectivity index (χ2n) is 4.85. The maximum atomic E-state index is 12.1. The molecule has 1 aliphatic heterocycles. The van der Waals surface area contributed by atoms with E-state index in [2.05, 4.69) is 0 Å². The van der Waals surface area contributed by atoms with Gasteiger partial charge < -0.3 is 0 Å². The molecule has 112 valence electrons. The van der Waals surface area contributed by atoms with Crippen molar-refractivity contribution in [1.82, 2.24) is 0 Å². The third kappa shape index (κ3) is 2.30. The summed E-state index contributed by atoms with van der Waals surface area (Å²) in [5.41, 5.74) is 1.37. The largest absolute Gasteiger partial charge is 0.367 e. The van der Waals surface area contributed by atoms with Crippen molar-refractivity contribution in [2.45, 2.75) is 6.42 Å². The highest BCUT2D eigenvalue weighted by Crippen LogP contribution is 2.34. The van der Waals surface area contributed by atoms with Gasteiger partial charge in [-0.15, -0.1) is 0 Å². The number of ketones is 1. The highest BCUT2D eigenvalue weighted by Gasteiger charge is 2.43. The summed E-state index contributed by atoms with van der Waals surface area (Å²) in [5, 5.41) is 0. The second-order valence-corrected chi connectivity index (χ2v) is 6.11. The van der Waals surface area contributed by atoms with Crippen LogP contribution in [0.4, 0.5) is 5.69 Å². The number of hydrogen-bond acceptors (Lipinski definition) is 4. The predicted molar refractivity (Wildman–Crippen MR) is 79.1 cm³/mol. The molecule has 1 N–H and O–H groups in total. The van der Waals surface area contributed by atoms with Gasteiger partial charge in [-0.2, -0.15) is 12.7 Å². The van der Waals surface area contributed by atoms with Crippen molar-refractivity contribution < 1.29 is 22.6 Å². The molecule has 7 heteroatoms. The van der Waals surface area contributed by atoms with Crippen molar-refractivity contribution >= 4 is 27.7 Å². The van der Waals surface area contributed by atoms with Crippen LogP contribution in [-0.2, 0) is 21.5 Å². The van der Waals surface area contributed by atoms with Gasteiger partial charge >= 0.3 is 16.2 Å². The van der Waals surface area contributed by atoms with E-state index in [1.165, 1.54) is 6.07 Å². The lowest BCUT2D eigenvalue weighted by Gasteiger charge is -2.12. The summed E-state index contributed by atoms with van der Waals surface area (Å²) < 4.78 is 32.0. The summed E-state index contributed by atoms with van der Waals surface area (Å²) >= 11 is 0. The first kappa shape index (κ1) is 14.4. The fraction of sp³-hybridized carbons (Fsp3) is 0.0667. The molecule has 1 aliphatic rings. The van der Waals surface area contributed by atoms with Crippen molar-refractivity contribution in [3.8, 4) is 0 Å². The maximum Gasteiger partial charge on any atom is 0.367 e. The van der Waals surface area contributed by atoms with E-state index in [0.29, 0.717) is 12.0 Å². The summed E-state index contributed by atoms with van der Waals surface area (Å²) in [5.74, 6) is -2.20. The zero-order valence-corrected chi connectivity index (χ0v) is 12.1. The Hall–Kier alpha value is -2.51. The van der Waals surface area contributed by atoms with Gasteiger partial charge in [0.25, 0.3) is 5.78 Å². The lowest BCUT2D eigenvalue weighted by Crippen LogP contribution is -2.35. The predicted octanol–water partition coefficient (Wildman–Crippen LogP) is 1.61. The molecule has 0 radical (unpaired) electrons. The Labute approximate surface area is 126 Å². The van der Waals surface area contributed by atoms with E-state index in [1.807, 2.05) is 30.3 Å². The minimum absolute atomic E-state index is 0.0222. The number of nitrogens with zero attached hydrogens (tertiary/aromatic N) is 1. The first-order valence-corrected chi connectivity index (χ1v) is 7.81. The average molecular weight is 317 g/mol. The van der Waals surface area contributed by atoms with E-state index in [-0.39, 0.29) is 15.6 Å². The van der Waals surface area contributed by atoms with Gasteiger partial charge in [-0.1, -0.05) is 42.5 Å².